The molecular weight excluding hydrogens is 192 g/mol. The first-order chi connectivity index (χ1) is 6.40. The first kappa shape index (κ1) is 12.2. The molecule has 0 aliphatic heterocycles. The monoisotopic (exact) mass is 202 g/mol. The average Bonchev–Trinajstić information content (AvgIpc) is 2.11. The Hall–Kier alpha value is -1.85. The van der Waals surface area contributed by atoms with Crippen LogP contribution in [0, 0.1) is 5.92 Å². The van der Waals surface area contributed by atoms with E-state index in [1.165, 1.54) is 0 Å². The maximum atomic E-state index is 10.9. The Labute approximate surface area is 79.8 Å². The molecule has 0 aliphatic rings. The zero-order valence-corrected chi connectivity index (χ0v) is 7.52. The third-order valence-electron chi connectivity index (χ3n) is 1.55. The number of hydrogen-bond acceptors (Lipinski definition) is 4. The number of rotatable bonds is 5. The van der Waals surface area contributed by atoms with Gasteiger partial charge in [-0.25, -0.2) is 4.79 Å². The molecule has 0 amide bonds. The van der Waals surface area contributed by atoms with Gasteiger partial charge >= 0.3 is 17.9 Å². The third-order valence-corrected chi connectivity index (χ3v) is 1.55. The molecule has 0 aromatic heterocycles. The zero-order chi connectivity index (χ0) is 11.3. The highest BCUT2D eigenvalue weighted by molar-refractivity contribution is 5.96. The lowest BCUT2D eigenvalue weighted by atomic mass is 9.97. The molecule has 0 saturated carbocycles. The van der Waals surface area contributed by atoms with Crippen molar-refractivity contribution < 1.29 is 29.3 Å². The van der Waals surface area contributed by atoms with Gasteiger partial charge < -0.3 is 14.9 Å². The molecule has 14 heavy (non-hydrogen) atoms. The SMILES string of the molecule is C=C(C(=O)OC)C(CC(=O)O)C(=O)O. The highest BCUT2D eigenvalue weighted by atomic mass is 16.5. The Morgan fingerprint density at radius 2 is 1.86 bits per heavy atom. The molecule has 0 heterocycles. The standard InChI is InChI=1S/C8H10O6/c1-4(8(13)14-2)5(7(11)12)3-6(9)10/h5H,1,3H2,2H3,(H,9,10)(H,11,12). The number of methoxy groups -OCH3 is 1. The van der Waals surface area contributed by atoms with Crippen molar-refractivity contribution in [1.29, 1.82) is 0 Å². The number of hydrogen-bond donors (Lipinski definition) is 2. The summed E-state index contributed by atoms with van der Waals surface area (Å²) >= 11 is 0. The number of carbonyl (C=O) groups excluding carboxylic acids is 1. The van der Waals surface area contributed by atoms with Crippen molar-refractivity contribution in [2.45, 2.75) is 6.42 Å². The van der Waals surface area contributed by atoms with E-state index >= 15 is 0 Å². The summed E-state index contributed by atoms with van der Waals surface area (Å²) in [5.41, 5.74) is -0.373. The van der Waals surface area contributed by atoms with Crippen LogP contribution in [-0.4, -0.2) is 35.2 Å². The highest BCUT2D eigenvalue weighted by Gasteiger charge is 2.28. The molecule has 0 rings (SSSR count). The van der Waals surface area contributed by atoms with Gasteiger partial charge in [-0.1, -0.05) is 6.58 Å². The van der Waals surface area contributed by atoms with Gasteiger partial charge in [0.1, 0.15) is 0 Å². The van der Waals surface area contributed by atoms with Crippen LogP contribution in [0.15, 0.2) is 12.2 Å². The number of carboxylic acid groups (broad SMARTS) is 2. The normalized spacial score (nSPS) is 11.5. The van der Waals surface area contributed by atoms with Gasteiger partial charge in [0, 0.05) is 5.57 Å². The van der Waals surface area contributed by atoms with Gasteiger partial charge in [0.05, 0.1) is 19.4 Å². The van der Waals surface area contributed by atoms with E-state index in [-0.39, 0.29) is 5.57 Å². The maximum Gasteiger partial charge on any atom is 0.334 e. The summed E-state index contributed by atoms with van der Waals surface area (Å²) in [4.78, 5) is 31.7. The first-order valence-electron chi connectivity index (χ1n) is 3.61. The second-order valence-corrected chi connectivity index (χ2v) is 2.51. The molecule has 0 aliphatic carbocycles. The second-order valence-electron chi connectivity index (χ2n) is 2.51. The van der Waals surface area contributed by atoms with Gasteiger partial charge in [-0.3, -0.25) is 9.59 Å². The molecule has 1 atom stereocenters. The van der Waals surface area contributed by atoms with Crippen molar-refractivity contribution in [2.75, 3.05) is 7.11 Å². The second kappa shape index (κ2) is 5.00. The minimum Gasteiger partial charge on any atom is -0.481 e. The number of ether oxygens (including phenoxy) is 1. The molecule has 0 bridgehead atoms. The van der Waals surface area contributed by atoms with E-state index in [0.29, 0.717) is 0 Å². The van der Waals surface area contributed by atoms with Crippen LogP contribution >= 0.6 is 0 Å². The van der Waals surface area contributed by atoms with Crippen LogP contribution < -0.4 is 0 Å². The minimum atomic E-state index is -1.44. The van der Waals surface area contributed by atoms with Gasteiger partial charge in [-0.15, -0.1) is 0 Å². The van der Waals surface area contributed by atoms with E-state index in [0.717, 1.165) is 7.11 Å². The topological polar surface area (TPSA) is 101 Å². The lowest BCUT2D eigenvalue weighted by molar-refractivity contribution is -0.149. The van der Waals surface area contributed by atoms with Crippen molar-refractivity contribution >= 4 is 17.9 Å². The highest BCUT2D eigenvalue weighted by Crippen LogP contribution is 2.15. The predicted octanol–water partition coefficient (Wildman–Crippen LogP) is -0.109. The van der Waals surface area contributed by atoms with Crippen LogP contribution in [0.2, 0.25) is 0 Å². The summed E-state index contributed by atoms with van der Waals surface area (Å²) in [6, 6.07) is 0. The Bertz CT molecular complexity index is 280. The fraction of sp³-hybridized carbons (Fsp3) is 0.375. The fourth-order valence-corrected chi connectivity index (χ4v) is 0.808. The van der Waals surface area contributed by atoms with E-state index in [2.05, 4.69) is 11.3 Å². The Morgan fingerprint density at radius 3 is 2.14 bits per heavy atom. The lowest BCUT2D eigenvalue weighted by Gasteiger charge is -2.10. The predicted molar refractivity (Wildman–Crippen MR) is 44.5 cm³/mol. The molecule has 0 aromatic carbocycles. The van der Waals surface area contributed by atoms with Crippen LogP contribution in [0.3, 0.4) is 0 Å². The number of aliphatic carboxylic acids is 2. The van der Waals surface area contributed by atoms with Crippen molar-refractivity contribution in [3.05, 3.63) is 12.2 Å². The summed E-state index contributed by atoms with van der Waals surface area (Å²) < 4.78 is 4.23. The Kier molecular flexibility index (Phi) is 4.34. The molecule has 2 N–H and O–H groups in total. The van der Waals surface area contributed by atoms with Crippen molar-refractivity contribution in [2.24, 2.45) is 5.92 Å². The van der Waals surface area contributed by atoms with E-state index < -0.39 is 30.2 Å². The average molecular weight is 202 g/mol. The zero-order valence-electron chi connectivity index (χ0n) is 7.52. The van der Waals surface area contributed by atoms with Gasteiger partial charge in [0.15, 0.2) is 0 Å². The maximum absolute atomic E-state index is 10.9. The van der Waals surface area contributed by atoms with Crippen LogP contribution in [0.25, 0.3) is 0 Å². The summed E-state index contributed by atoms with van der Waals surface area (Å²) in [6.45, 7) is 3.18. The largest absolute Gasteiger partial charge is 0.481 e. The van der Waals surface area contributed by atoms with Gasteiger partial charge in [-0.05, 0) is 0 Å². The quantitative estimate of drug-likeness (QED) is 0.476. The molecule has 0 radical (unpaired) electrons. The Morgan fingerprint density at radius 1 is 1.36 bits per heavy atom. The summed E-state index contributed by atoms with van der Waals surface area (Å²) in [7, 11) is 1.06. The molecule has 6 nitrogen and oxygen atoms in total. The van der Waals surface area contributed by atoms with Crippen molar-refractivity contribution in [1.82, 2.24) is 0 Å². The van der Waals surface area contributed by atoms with E-state index in [1.807, 2.05) is 0 Å². The number of esters is 1. The summed E-state index contributed by atoms with van der Waals surface area (Å²) in [5.74, 6) is -5.09. The molecular formula is C8H10O6. The van der Waals surface area contributed by atoms with Crippen LogP contribution in [0.4, 0.5) is 0 Å². The molecule has 0 fully saturated rings. The fourth-order valence-electron chi connectivity index (χ4n) is 0.808. The number of carboxylic acids is 2. The Balaban J connectivity index is 4.66. The van der Waals surface area contributed by atoms with Crippen molar-refractivity contribution in [3.63, 3.8) is 0 Å². The molecule has 0 aromatic rings. The summed E-state index contributed by atoms with van der Waals surface area (Å²) in [5, 5.41) is 17.0. The van der Waals surface area contributed by atoms with Crippen LogP contribution in [0.1, 0.15) is 6.42 Å². The molecule has 78 valence electrons. The molecule has 1 unspecified atom stereocenters. The van der Waals surface area contributed by atoms with Crippen molar-refractivity contribution in [3.8, 4) is 0 Å². The van der Waals surface area contributed by atoms with E-state index in [9.17, 15) is 14.4 Å². The van der Waals surface area contributed by atoms with Gasteiger partial charge in [-0.2, -0.15) is 0 Å². The first-order valence-corrected chi connectivity index (χ1v) is 3.61. The van der Waals surface area contributed by atoms with Gasteiger partial charge in [0.25, 0.3) is 0 Å². The number of carbonyl (C=O) groups is 3. The van der Waals surface area contributed by atoms with E-state index in [1.54, 1.807) is 0 Å². The minimum absolute atomic E-state index is 0.373. The molecule has 0 saturated heterocycles. The smallest absolute Gasteiger partial charge is 0.334 e. The molecule has 6 heteroatoms. The van der Waals surface area contributed by atoms with Crippen LogP contribution in [-0.2, 0) is 19.1 Å². The third kappa shape index (κ3) is 3.26. The lowest BCUT2D eigenvalue weighted by Crippen LogP contribution is -2.24. The molecule has 0 spiro atoms. The van der Waals surface area contributed by atoms with E-state index in [4.69, 9.17) is 10.2 Å². The van der Waals surface area contributed by atoms with Gasteiger partial charge in [0.2, 0.25) is 0 Å². The summed E-state index contributed by atoms with van der Waals surface area (Å²) in [6.07, 6.45) is -0.691. The van der Waals surface area contributed by atoms with Crippen LogP contribution in [0.5, 0.6) is 0 Å².